The van der Waals surface area contributed by atoms with Gasteiger partial charge in [-0.2, -0.15) is 0 Å². The lowest BCUT2D eigenvalue weighted by molar-refractivity contribution is 0.0476. The standard InChI is InChI=1S/C18H29NO/c1-6-19-17(11-16-9-7-8-12(2)10-16)18-13(3)14(4)20-15(18)5/h7-10,13-15,17-19H,6,11H2,1-5H3. The molecule has 0 amide bonds. The third kappa shape index (κ3) is 3.42. The van der Waals surface area contributed by atoms with Crippen molar-refractivity contribution in [3.8, 4) is 0 Å². The Labute approximate surface area is 123 Å². The van der Waals surface area contributed by atoms with E-state index in [1.54, 1.807) is 0 Å². The number of nitrogens with one attached hydrogen (secondary N) is 1. The highest BCUT2D eigenvalue weighted by Gasteiger charge is 2.41. The average molecular weight is 275 g/mol. The summed E-state index contributed by atoms with van der Waals surface area (Å²) in [6, 6.07) is 9.37. The molecule has 0 saturated carbocycles. The van der Waals surface area contributed by atoms with E-state index >= 15 is 0 Å². The Morgan fingerprint density at radius 3 is 2.50 bits per heavy atom. The van der Waals surface area contributed by atoms with E-state index < -0.39 is 0 Å². The summed E-state index contributed by atoms with van der Waals surface area (Å²) < 4.78 is 6.03. The predicted octanol–water partition coefficient (Wildman–Crippen LogP) is 3.58. The zero-order valence-electron chi connectivity index (χ0n) is 13.5. The van der Waals surface area contributed by atoms with E-state index in [-0.39, 0.29) is 0 Å². The second kappa shape index (κ2) is 6.73. The van der Waals surface area contributed by atoms with Crippen LogP contribution in [-0.2, 0) is 11.2 Å². The summed E-state index contributed by atoms with van der Waals surface area (Å²) >= 11 is 0. The smallest absolute Gasteiger partial charge is 0.0597 e. The van der Waals surface area contributed by atoms with Gasteiger partial charge >= 0.3 is 0 Å². The largest absolute Gasteiger partial charge is 0.375 e. The van der Waals surface area contributed by atoms with Crippen LogP contribution in [0.1, 0.15) is 38.8 Å². The Hall–Kier alpha value is -0.860. The van der Waals surface area contributed by atoms with Crippen molar-refractivity contribution in [3.05, 3.63) is 35.4 Å². The van der Waals surface area contributed by atoms with Crippen LogP contribution < -0.4 is 5.32 Å². The Morgan fingerprint density at radius 2 is 1.95 bits per heavy atom. The maximum absolute atomic E-state index is 6.03. The molecule has 1 aliphatic heterocycles. The van der Waals surface area contributed by atoms with E-state index in [4.69, 9.17) is 4.74 Å². The van der Waals surface area contributed by atoms with Gasteiger partial charge in [-0.25, -0.2) is 0 Å². The van der Waals surface area contributed by atoms with Gasteiger partial charge in [0.25, 0.3) is 0 Å². The summed E-state index contributed by atoms with van der Waals surface area (Å²) in [5, 5.41) is 3.69. The zero-order chi connectivity index (χ0) is 14.7. The minimum Gasteiger partial charge on any atom is -0.375 e. The lowest BCUT2D eigenvalue weighted by atomic mass is 9.81. The number of hydrogen-bond donors (Lipinski definition) is 1. The molecule has 20 heavy (non-hydrogen) atoms. The summed E-state index contributed by atoms with van der Waals surface area (Å²) in [5.74, 6) is 1.20. The second-order valence-electron chi connectivity index (χ2n) is 6.34. The molecule has 1 aromatic carbocycles. The number of hydrogen-bond acceptors (Lipinski definition) is 2. The Kier molecular flexibility index (Phi) is 5.22. The minimum absolute atomic E-state index is 0.342. The summed E-state index contributed by atoms with van der Waals surface area (Å²) in [7, 11) is 0. The van der Waals surface area contributed by atoms with Crippen LogP contribution in [0.4, 0.5) is 0 Å². The lowest BCUT2D eigenvalue weighted by Gasteiger charge is -2.30. The average Bonchev–Trinajstić information content (AvgIpc) is 2.63. The van der Waals surface area contributed by atoms with Gasteiger partial charge in [0.2, 0.25) is 0 Å². The highest BCUT2D eigenvalue weighted by Crippen LogP contribution is 2.35. The van der Waals surface area contributed by atoms with Crippen molar-refractivity contribution in [2.75, 3.05) is 6.54 Å². The van der Waals surface area contributed by atoms with Gasteiger partial charge in [-0.15, -0.1) is 0 Å². The highest BCUT2D eigenvalue weighted by atomic mass is 16.5. The van der Waals surface area contributed by atoms with Crippen molar-refractivity contribution < 1.29 is 4.74 Å². The first kappa shape index (κ1) is 15.5. The van der Waals surface area contributed by atoms with Gasteiger partial charge in [-0.1, -0.05) is 43.7 Å². The van der Waals surface area contributed by atoms with E-state index in [0.717, 1.165) is 13.0 Å². The molecule has 1 aliphatic rings. The van der Waals surface area contributed by atoms with Crippen LogP contribution in [0.2, 0.25) is 0 Å². The van der Waals surface area contributed by atoms with Crippen molar-refractivity contribution in [1.29, 1.82) is 0 Å². The molecule has 1 fully saturated rings. The first-order valence-corrected chi connectivity index (χ1v) is 7.97. The molecule has 1 N–H and O–H groups in total. The summed E-state index contributed by atoms with van der Waals surface area (Å²) in [5.41, 5.74) is 2.77. The molecule has 0 spiro atoms. The van der Waals surface area contributed by atoms with Crippen LogP contribution in [0, 0.1) is 18.8 Å². The molecule has 1 aromatic rings. The van der Waals surface area contributed by atoms with Crippen LogP contribution in [0.5, 0.6) is 0 Å². The van der Waals surface area contributed by atoms with Crippen molar-refractivity contribution in [1.82, 2.24) is 5.32 Å². The molecular weight excluding hydrogens is 246 g/mol. The zero-order valence-corrected chi connectivity index (χ0v) is 13.5. The van der Waals surface area contributed by atoms with E-state index in [2.05, 4.69) is 64.2 Å². The molecule has 5 unspecified atom stereocenters. The summed E-state index contributed by atoms with van der Waals surface area (Å²) in [4.78, 5) is 0. The van der Waals surface area contributed by atoms with Crippen LogP contribution >= 0.6 is 0 Å². The second-order valence-corrected chi connectivity index (χ2v) is 6.34. The fraction of sp³-hybridized carbons (Fsp3) is 0.667. The number of rotatable bonds is 5. The minimum atomic E-state index is 0.342. The van der Waals surface area contributed by atoms with E-state index in [1.807, 2.05) is 0 Å². The first-order chi connectivity index (χ1) is 9.52. The molecule has 112 valence electrons. The maximum atomic E-state index is 6.03. The molecule has 0 bridgehead atoms. The van der Waals surface area contributed by atoms with Gasteiger partial charge in [0.1, 0.15) is 0 Å². The topological polar surface area (TPSA) is 21.3 Å². The molecule has 0 aliphatic carbocycles. The fourth-order valence-corrected chi connectivity index (χ4v) is 3.69. The number of ether oxygens (including phenoxy) is 1. The van der Waals surface area contributed by atoms with Gasteiger partial charge in [-0.3, -0.25) is 0 Å². The molecule has 0 aromatic heterocycles. The highest BCUT2D eigenvalue weighted by molar-refractivity contribution is 5.23. The number of benzene rings is 1. The number of likely N-dealkylation sites (N-methyl/N-ethyl adjacent to an activating group) is 1. The Balaban J connectivity index is 2.14. The molecule has 2 heteroatoms. The molecule has 1 saturated heterocycles. The van der Waals surface area contributed by atoms with Crippen molar-refractivity contribution in [2.45, 2.75) is 59.3 Å². The predicted molar refractivity (Wildman–Crippen MR) is 85.0 cm³/mol. The lowest BCUT2D eigenvalue weighted by Crippen LogP contribution is -2.43. The number of aryl methyl sites for hydroxylation is 1. The maximum Gasteiger partial charge on any atom is 0.0597 e. The molecule has 0 radical (unpaired) electrons. The van der Waals surface area contributed by atoms with Crippen LogP contribution in [0.3, 0.4) is 0 Å². The van der Waals surface area contributed by atoms with Gasteiger partial charge in [0.05, 0.1) is 12.2 Å². The summed E-state index contributed by atoms with van der Waals surface area (Å²) in [6.07, 6.45) is 1.80. The Morgan fingerprint density at radius 1 is 1.20 bits per heavy atom. The molecule has 1 heterocycles. The molecule has 2 rings (SSSR count). The first-order valence-electron chi connectivity index (χ1n) is 7.97. The third-order valence-corrected chi connectivity index (χ3v) is 4.79. The quantitative estimate of drug-likeness (QED) is 0.887. The monoisotopic (exact) mass is 275 g/mol. The van der Waals surface area contributed by atoms with Gasteiger partial charge in [0, 0.05) is 12.0 Å². The van der Waals surface area contributed by atoms with Crippen molar-refractivity contribution >= 4 is 0 Å². The third-order valence-electron chi connectivity index (χ3n) is 4.79. The van der Waals surface area contributed by atoms with Crippen LogP contribution in [-0.4, -0.2) is 24.8 Å². The van der Waals surface area contributed by atoms with Crippen LogP contribution in [0.25, 0.3) is 0 Å². The SMILES string of the molecule is CCNC(Cc1cccc(C)c1)C1C(C)OC(C)C1C. The van der Waals surface area contributed by atoms with Gasteiger partial charge in [-0.05, 0) is 45.2 Å². The van der Waals surface area contributed by atoms with Crippen molar-refractivity contribution in [3.63, 3.8) is 0 Å². The molecule has 2 nitrogen and oxygen atoms in total. The van der Waals surface area contributed by atoms with Gasteiger partial charge in [0.15, 0.2) is 0 Å². The molecule has 5 atom stereocenters. The van der Waals surface area contributed by atoms with E-state index in [1.165, 1.54) is 11.1 Å². The fourth-order valence-electron chi connectivity index (χ4n) is 3.69. The van der Waals surface area contributed by atoms with E-state index in [9.17, 15) is 0 Å². The van der Waals surface area contributed by atoms with Gasteiger partial charge < -0.3 is 10.1 Å². The van der Waals surface area contributed by atoms with E-state index in [0.29, 0.717) is 30.1 Å². The van der Waals surface area contributed by atoms with Crippen molar-refractivity contribution in [2.24, 2.45) is 11.8 Å². The normalized spacial score (nSPS) is 31.4. The Bertz CT molecular complexity index is 431. The van der Waals surface area contributed by atoms with Crippen LogP contribution in [0.15, 0.2) is 24.3 Å². The molecular formula is C18H29NO. The summed E-state index contributed by atoms with van der Waals surface area (Å²) in [6.45, 7) is 12.1.